The Morgan fingerprint density at radius 3 is 2.95 bits per heavy atom. The third-order valence-electron chi connectivity index (χ3n) is 3.44. The Kier molecular flexibility index (Phi) is 2.29. The van der Waals surface area contributed by atoms with Crippen LogP contribution in [-0.4, -0.2) is 9.55 Å². The first-order valence-electron chi connectivity index (χ1n) is 6.48. The molecule has 98 valence electrons. The molecule has 20 heavy (non-hydrogen) atoms. The van der Waals surface area contributed by atoms with Crippen LogP contribution < -0.4 is 5.73 Å². The SMILES string of the molecule is Nc1ccc2nc(Cn3ccc4ccccc43)oc2c1. The summed E-state index contributed by atoms with van der Waals surface area (Å²) in [5.41, 5.74) is 9.18. The van der Waals surface area contributed by atoms with E-state index < -0.39 is 0 Å². The van der Waals surface area contributed by atoms with Crippen LogP contribution in [0.3, 0.4) is 0 Å². The maximum absolute atomic E-state index is 5.76. The van der Waals surface area contributed by atoms with Crippen LogP contribution in [0.5, 0.6) is 0 Å². The summed E-state index contributed by atoms with van der Waals surface area (Å²) < 4.78 is 7.89. The van der Waals surface area contributed by atoms with E-state index in [-0.39, 0.29) is 0 Å². The standard InChI is InChI=1S/C16H13N3O/c17-12-5-6-13-15(9-12)20-16(18-13)10-19-8-7-11-3-1-2-4-14(11)19/h1-9H,10,17H2. The van der Waals surface area contributed by atoms with Gasteiger partial charge in [-0.2, -0.15) is 0 Å². The molecule has 2 aromatic carbocycles. The van der Waals surface area contributed by atoms with Gasteiger partial charge in [-0.3, -0.25) is 0 Å². The molecule has 0 fully saturated rings. The second-order valence-electron chi connectivity index (χ2n) is 4.84. The van der Waals surface area contributed by atoms with E-state index >= 15 is 0 Å². The van der Waals surface area contributed by atoms with Crippen molar-refractivity contribution in [3.05, 3.63) is 60.6 Å². The van der Waals surface area contributed by atoms with E-state index in [9.17, 15) is 0 Å². The molecule has 0 bridgehead atoms. The van der Waals surface area contributed by atoms with E-state index in [1.165, 1.54) is 10.9 Å². The van der Waals surface area contributed by atoms with Gasteiger partial charge in [0.2, 0.25) is 5.89 Å². The Morgan fingerprint density at radius 2 is 2.00 bits per heavy atom. The molecule has 0 atom stereocenters. The predicted molar refractivity (Wildman–Crippen MR) is 79.5 cm³/mol. The average molecular weight is 263 g/mol. The van der Waals surface area contributed by atoms with Crippen LogP contribution in [0.2, 0.25) is 0 Å². The van der Waals surface area contributed by atoms with Crippen molar-refractivity contribution in [1.82, 2.24) is 9.55 Å². The highest BCUT2D eigenvalue weighted by atomic mass is 16.3. The van der Waals surface area contributed by atoms with E-state index in [1.807, 2.05) is 30.5 Å². The molecule has 0 radical (unpaired) electrons. The van der Waals surface area contributed by atoms with Gasteiger partial charge >= 0.3 is 0 Å². The molecule has 0 aliphatic heterocycles. The first kappa shape index (κ1) is 11.1. The molecule has 0 saturated heterocycles. The first-order valence-corrected chi connectivity index (χ1v) is 6.48. The van der Waals surface area contributed by atoms with Crippen LogP contribution in [0.1, 0.15) is 5.89 Å². The van der Waals surface area contributed by atoms with Gasteiger partial charge < -0.3 is 14.7 Å². The van der Waals surface area contributed by atoms with Gasteiger partial charge in [0.1, 0.15) is 5.52 Å². The average Bonchev–Trinajstić information content (AvgIpc) is 3.03. The van der Waals surface area contributed by atoms with Gasteiger partial charge in [-0.1, -0.05) is 18.2 Å². The van der Waals surface area contributed by atoms with Gasteiger partial charge in [0, 0.05) is 23.5 Å². The fraction of sp³-hybridized carbons (Fsp3) is 0.0625. The van der Waals surface area contributed by atoms with Crippen molar-refractivity contribution in [2.75, 3.05) is 5.73 Å². The highest BCUT2D eigenvalue weighted by Crippen LogP contribution is 2.21. The molecule has 4 rings (SSSR count). The van der Waals surface area contributed by atoms with Crippen molar-refractivity contribution in [3.8, 4) is 0 Å². The number of nitrogen functional groups attached to an aromatic ring is 1. The Morgan fingerprint density at radius 1 is 1.10 bits per heavy atom. The Hall–Kier alpha value is -2.75. The van der Waals surface area contributed by atoms with Gasteiger partial charge in [-0.25, -0.2) is 4.98 Å². The molecule has 4 aromatic rings. The summed E-state index contributed by atoms with van der Waals surface area (Å²) in [4.78, 5) is 4.49. The second kappa shape index (κ2) is 4.13. The lowest BCUT2D eigenvalue weighted by molar-refractivity contribution is 0.513. The summed E-state index contributed by atoms with van der Waals surface area (Å²) in [5.74, 6) is 0.687. The molecule has 2 aromatic heterocycles. The van der Waals surface area contributed by atoms with E-state index in [4.69, 9.17) is 10.2 Å². The minimum absolute atomic E-state index is 0.613. The smallest absolute Gasteiger partial charge is 0.215 e. The molecule has 0 amide bonds. The normalized spacial score (nSPS) is 11.4. The van der Waals surface area contributed by atoms with Crippen molar-refractivity contribution in [1.29, 1.82) is 0 Å². The zero-order valence-corrected chi connectivity index (χ0v) is 10.8. The molecule has 0 spiro atoms. The number of fused-ring (bicyclic) bond motifs is 2. The van der Waals surface area contributed by atoms with E-state index in [2.05, 4.69) is 27.8 Å². The van der Waals surface area contributed by atoms with Crippen LogP contribution in [0, 0.1) is 0 Å². The summed E-state index contributed by atoms with van der Waals surface area (Å²) in [7, 11) is 0. The van der Waals surface area contributed by atoms with Crippen LogP contribution in [0.4, 0.5) is 5.69 Å². The highest BCUT2D eigenvalue weighted by molar-refractivity contribution is 5.80. The molecular weight excluding hydrogens is 250 g/mol. The number of nitrogens with zero attached hydrogens (tertiary/aromatic N) is 2. The monoisotopic (exact) mass is 263 g/mol. The number of benzene rings is 2. The third kappa shape index (κ3) is 1.73. The van der Waals surface area contributed by atoms with Gasteiger partial charge in [0.25, 0.3) is 0 Å². The minimum atomic E-state index is 0.613. The van der Waals surface area contributed by atoms with Gasteiger partial charge in [0.15, 0.2) is 5.58 Å². The molecule has 4 heteroatoms. The Labute approximate surface area is 115 Å². The topological polar surface area (TPSA) is 57.0 Å². The number of nitrogens with two attached hydrogens (primary N) is 1. The van der Waals surface area contributed by atoms with Crippen LogP contribution in [-0.2, 0) is 6.54 Å². The van der Waals surface area contributed by atoms with E-state index in [0.717, 1.165) is 11.1 Å². The molecule has 2 heterocycles. The highest BCUT2D eigenvalue weighted by Gasteiger charge is 2.08. The van der Waals surface area contributed by atoms with Gasteiger partial charge in [-0.15, -0.1) is 0 Å². The summed E-state index contributed by atoms with van der Waals surface area (Å²) in [6.07, 6.45) is 2.05. The minimum Gasteiger partial charge on any atom is -0.439 e. The Balaban J connectivity index is 1.76. The number of para-hydroxylation sites is 1. The zero-order chi connectivity index (χ0) is 13.5. The van der Waals surface area contributed by atoms with E-state index in [0.29, 0.717) is 18.1 Å². The maximum Gasteiger partial charge on any atom is 0.215 e. The number of hydrogen-bond donors (Lipinski definition) is 1. The summed E-state index contributed by atoms with van der Waals surface area (Å²) >= 11 is 0. The number of rotatable bonds is 2. The quantitative estimate of drug-likeness (QED) is 0.564. The molecular formula is C16H13N3O. The molecule has 0 unspecified atom stereocenters. The first-order chi connectivity index (χ1) is 9.79. The number of anilines is 1. The van der Waals surface area contributed by atoms with Crippen LogP contribution in [0.15, 0.2) is 59.1 Å². The summed E-state index contributed by atoms with van der Waals surface area (Å²) in [6, 6.07) is 15.9. The lowest BCUT2D eigenvalue weighted by Gasteiger charge is -2.01. The number of oxazole rings is 1. The van der Waals surface area contributed by atoms with Gasteiger partial charge in [0.05, 0.1) is 6.54 Å². The molecule has 2 N–H and O–H groups in total. The lowest BCUT2D eigenvalue weighted by atomic mass is 10.2. The molecule has 4 nitrogen and oxygen atoms in total. The fourth-order valence-electron chi connectivity index (χ4n) is 2.48. The van der Waals surface area contributed by atoms with E-state index in [1.54, 1.807) is 6.07 Å². The van der Waals surface area contributed by atoms with Crippen molar-refractivity contribution >= 4 is 27.7 Å². The van der Waals surface area contributed by atoms with Crippen LogP contribution in [0.25, 0.3) is 22.0 Å². The van der Waals surface area contributed by atoms with Crippen molar-refractivity contribution in [2.45, 2.75) is 6.54 Å². The third-order valence-corrected chi connectivity index (χ3v) is 3.44. The summed E-state index contributed by atoms with van der Waals surface area (Å²) in [5, 5.41) is 1.22. The molecule has 0 saturated carbocycles. The largest absolute Gasteiger partial charge is 0.439 e. The van der Waals surface area contributed by atoms with Crippen LogP contribution >= 0.6 is 0 Å². The second-order valence-corrected chi connectivity index (χ2v) is 4.84. The van der Waals surface area contributed by atoms with Gasteiger partial charge in [-0.05, 0) is 29.7 Å². The van der Waals surface area contributed by atoms with Crippen molar-refractivity contribution < 1.29 is 4.42 Å². The molecule has 0 aliphatic carbocycles. The van der Waals surface area contributed by atoms with Crippen molar-refractivity contribution in [2.24, 2.45) is 0 Å². The zero-order valence-electron chi connectivity index (χ0n) is 10.8. The maximum atomic E-state index is 5.76. The summed E-state index contributed by atoms with van der Waals surface area (Å²) in [6.45, 7) is 0.613. The molecule has 0 aliphatic rings. The van der Waals surface area contributed by atoms with Crippen molar-refractivity contribution in [3.63, 3.8) is 0 Å². The Bertz CT molecular complexity index is 904. The number of hydrogen-bond acceptors (Lipinski definition) is 3. The predicted octanol–water partition coefficient (Wildman–Crippen LogP) is 3.41. The number of aromatic nitrogens is 2. The lowest BCUT2D eigenvalue weighted by Crippen LogP contribution is -1.97. The fourth-order valence-corrected chi connectivity index (χ4v) is 2.48.